The summed E-state index contributed by atoms with van der Waals surface area (Å²) in [6.07, 6.45) is 5.01. The summed E-state index contributed by atoms with van der Waals surface area (Å²) < 4.78 is 14.2. The van der Waals surface area contributed by atoms with E-state index in [2.05, 4.69) is 4.98 Å². The number of rotatable bonds is 3. The first-order valence-electron chi connectivity index (χ1n) is 6.86. The number of alkyl halides is 1. The zero-order valence-electron chi connectivity index (χ0n) is 11.0. The number of aryl methyl sites for hydroxylation is 3. The summed E-state index contributed by atoms with van der Waals surface area (Å²) in [6, 6.07) is 0. The predicted molar refractivity (Wildman–Crippen MR) is 75.9 cm³/mol. The Bertz CT molecular complexity index is 674. The Balaban J connectivity index is 2.31. The van der Waals surface area contributed by atoms with E-state index in [9.17, 15) is 9.18 Å². The molecule has 2 aromatic rings. The Hall–Kier alpha value is -1.23. The Morgan fingerprint density at radius 1 is 1.37 bits per heavy atom. The summed E-state index contributed by atoms with van der Waals surface area (Å²) >= 11 is 1.65. The lowest BCUT2D eigenvalue weighted by Gasteiger charge is -2.11. The minimum absolute atomic E-state index is 0.0427. The van der Waals surface area contributed by atoms with Crippen LogP contribution in [0.15, 0.2) is 4.79 Å². The average molecular weight is 280 g/mol. The molecule has 1 aliphatic rings. The highest BCUT2D eigenvalue weighted by molar-refractivity contribution is 7.18. The standard InChI is InChI=1S/C14H17FN2OS/c1-2-11-16-13-12(14(18)17(11)8-7-15)9-5-3-4-6-10(9)19-13/h2-8H2,1H3. The van der Waals surface area contributed by atoms with E-state index < -0.39 is 6.67 Å². The van der Waals surface area contributed by atoms with Gasteiger partial charge in [-0.15, -0.1) is 11.3 Å². The van der Waals surface area contributed by atoms with Crippen LogP contribution in [0.5, 0.6) is 0 Å². The number of hydrogen-bond acceptors (Lipinski definition) is 3. The molecule has 0 amide bonds. The minimum Gasteiger partial charge on any atom is -0.293 e. The van der Waals surface area contributed by atoms with Crippen molar-refractivity contribution in [2.75, 3.05) is 6.67 Å². The largest absolute Gasteiger partial charge is 0.293 e. The van der Waals surface area contributed by atoms with E-state index in [1.165, 1.54) is 21.4 Å². The molecule has 19 heavy (non-hydrogen) atoms. The molecule has 0 aromatic carbocycles. The molecule has 0 saturated carbocycles. The topological polar surface area (TPSA) is 34.9 Å². The van der Waals surface area contributed by atoms with Crippen LogP contribution in [-0.2, 0) is 25.8 Å². The van der Waals surface area contributed by atoms with Crippen LogP contribution in [-0.4, -0.2) is 16.2 Å². The van der Waals surface area contributed by atoms with Crippen molar-refractivity contribution in [3.05, 3.63) is 26.6 Å². The molecule has 0 radical (unpaired) electrons. The molecule has 1 aliphatic carbocycles. The van der Waals surface area contributed by atoms with Gasteiger partial charge in [0, 0.05) is 11.3 Å². The van der Waals surface area contributed by atoms with E-state index in [4.69, 9.17) is 0 Å². The first-order valence-corrected chi connectivity index (χ1v) is 7.67. The average Bonchev–Trinajstić information content (AvgIpc) is 2.80. The third kappa shape index (κ3) is 2.00. The van der Waals surface area contributed by atoms with Crippen LogP contribution in [0, 0.1) is 0 Å². The molecule has 2 heterocycles. The molecule has 0 saturated heterocycles. The first-order chi connectivity index (χ1) is 9.26. The number of hydrogen-bond donors (Lipinski definition) is 0. The maximum absolute atomic E-state index is 12.7. The van der Waals surface area contributed by atoms with Gasteiger partial charge in [-0.05, 0) is 31.2 Å². The molecule has 5 heteroatoms. The third-order valence-corrected chi connectivity index (χ3v) is 4.96. The van der Waals surface area contributed by atoms with Gasteiger partial charge < -0.3 is 0 Å². The summed E-state index contributed by atoms with van der Waals surface area (Å²) in [6.45, 7) is 1.55. The van der Waals surface area contributed by atoms with E-state index in [1.54, 1.807) is 11.3 Å². The molecule has 0 N–H and O–H groups in total. The molecule has 102 valence electrons. The molecule has 3 rings (SSSR count). The summed E-state index contributed by atoms with van der Waals surface area (Å²) in [7, 11) is 0. The van der Waals surface area contributed by atoms with Crippen LogP contribution in [0.3, 0.4) is 0 Å². The van der Waals surface area contributed by atoms with E-state index in [1.807, 2.05) is 6.92 Å². The van der Waals surface area contributed by atoms with E-state index in [-0.39, 0.29) is 12.1 Å². The minimum atomic E-state index is -0.521. The number of fused-ring (bicyclic) bond motifs is 3. The quantitative estimate of drug-likeness (QED) is 0.866. The highest BCUT2D eigenvalue weighted by Gasteiger charge is 2.21. The maximum atomic E-state index is 12.7. The Kier molecular flexibility index (Phi) is 3.39. The van der Waals surface area contributed by atoms with Gasteiger partial charge in [-0.2, -0.15) is 0 Å². The van der Waals surface area contributed by atoms with Gasteiger partial charge in [0.05, 0.1) is 11.9 Å². The summed E-state index contributed by atoms with van der Waals surface area (Å²) in [4.78, 5) is 19.3. The summed E-state index contributed by atoms with van der Waals surface area (Å²) in [5.74, 6) is 0.703. The molecular formula is C14H17FN2OS. The number of aromatic nitrogens is 2. The van der Waals surface area contributed by atoms with Gasteiger partial charge in [0.1, 0.15) is 17.3 Å². The number of thiophene rings is 1. The van der Waals surface area contributed by atoms with Crippen molar-refractivity contribution in [3.8, 4) is 0 Å². The van der Waals surface area contributed by atoms with Crippen molar-refractivity contribution in [2.45, 2.75) is 45.6 Å². The molecule has 0 unspecified atom stereocenters. The fraction of sp³-hybridized carbons (Fsp3) is 0.571. The number of halogens is 1. The van der Waals surface area contributed by atoms with Gasteiger partial charge in [0.2, 0.25) is 0 Å². The van der Waals surface area contributed by atoms with Crippen LogP contribution in [0.1, 0.15) is 36.0 Å². The maximum Gasteiger partial charge on any atom is 0.262 e. The zero-order valence-corrected chi connectivity index (χ0v) is 11.9. The first kappa shape index (κ1) is 12.8. The zero-order chi connectivity index (χ0) is 13.4. The Labute approximate surface area is 115 Å². The van der Waals surface area contributed by atoms with Gasteiger partial charge in [-0.1, -0.05) is 6.92 Å². The van der Waals surface area contributed by atoms with Crippen LogP contribution >= 0.6 is 11.3 Å². The molecule has 0 bridgehead atoms. The number of nitrogens with zero attached hydrogens (tertiary/aromatic N) is 2. The van der Waals surface area contributed by atoms with Crippen LogP contribution in [0.4, 0.5) is 4.39 Å². The highest BCUT2D eigenvalue weighted by atomic mass is 32.1. The summed E-state index contributed by atoms with van der Waals surface area (Å²) in [5, 5.41) is 0.755. The molecule has 2 aromatic heterocycles. The van der Waals surface area contributed by atoms with E-state index in [0.29, 0.717) is 12.2 Å². The van der Waals surface area contributed by atoms with Crippen molar-refractivity contribution in [3.63, 3.8) is 0 Å². The second-order valence-corrected chi connectivity index (χ2v) is 6.00. The highest BCUT2D eigenvalue weighted by Crippen LogP contribution is 2.33. The Morgan fingerprint density at radius 2 is 2.16 bits per heavy atom. The van der Waals surface area contributed by atoms with Crippen molar-refractivity contribution >= 4 is 21.6 Å². The van der Waals surface area contributed by atoms with Crippen LogP contribution < -0.4 is 5.56 Å². The molecule has 0 atom stereocenters. The molecule has 3 nitrogen and oxygen atoms in total. The molecular weight excluding hydrogens is 263 g/mol. The smallest absolute Gasteiger partial charge is 0.262 e. The van der Waals surface area contributed by atoms with Crippen molar-refractivity contribution in [1.29, 1.82) is 0 Å². The lowest BCUT2D eigenvalue weighted by molar-refractivity contribution is 0.432. The normalized spacial score (nSPS) is 14.8. The monoisotopic (exact) mass is 280 g/mol. The fourth-order valence-electron chi connectivity index (χ4n) is 2.87. The van der Waals surface area contributed by atoms with E-state index >= 15 is 0 Å². The Morgan fingerprint density at radius 3 is 2.89 bits per heavy atom. The fourth-order valence-corrected chi connectivity index (χ4v) is 4.14. The SMILES string of the molecule is CCc1nc2sc3c(c2c(=O)n1CCF)CCCC3. The van der Waals surface area contributed by atoms with Gasteiger partial charge in [-0.3, -0.25) is 9.36 Å². The summed E-state index contributed by atoms with van der Waals surface area (Å²) in [5.41, 5.74) is 1.14. The van der Waals surface area contributed by atoms with Gasteiger partial charge in [0.25, 0.3) is 5.56 Å². The second kappa shape index (κ2) is 5.04. The van der Waals surface area contributed by atoms with Crippen molar-refractivity contribution in [2.24, 2.45) is 0 Å². The lowest BCUT2D eigenvalue weighted by atomic mass is 9.97. The second-order valence-electron chi connectivity index (χ2n) is 4.92. The van der Waals surface area contributed by atoms with Crippen LogP contribution in [0.2, 0.25) is 0 Å². The van der Waals surface area contributed by atoms with Gasteiger partial charge >= 0.3 is 0 Å². The van der Waals surface area contributed by atoms with Crippen molar-refractivity contribution in [1.82, 2.24) is 9.55 Å². The lowest BCUT2D eigenvalue weighted by Crippen LogP contribution is -2.26. The third-order valence-electron chi connectivity index (χ3n) is 3.78. The molecule has 0 spiro atoms. The van der Waals surface area contributed by atoms with Gasteiger partial charge in [0.15, 0.2) is 0 Å². The van der Waals surface area contributed by atoms with Crippen LogP contribution in [0.25, 0.3) is 10.2 Å². The van der Waals surface area contributed by atoms with Gasteiger partial charge in [-0.25, -0.2) is 9.37 Å². The molecule has 0 fully saturated rings. The van der Waals surface area contributed by atoms with E-state index in [0.717, 1.165) is 29.5 Å². The molecule has 0 aliphatic heterocycles. The van der Waals surface area contributed by atoms with Crippen molar-refractivity contribution < 1.29 is 4.39 Å². The predicted octanol–water partition coefficient (Wildman–Crippen LogP) is 2.87.